The molecule has 1 N–H and O–H groups in total. The molecule has 0 saturated carbocycles. The van der Waals surface area contributed by atoms with E-state index in [0.29, 0.717) is 29.2 Å². The van der Waals surface area contributed by atoms with E-state index in [1.54, 1.807) is 29.5 Å². The first-order valence-electron chi connectivity index (χ1n) is 15.1. The van der Waals surface area contributed by atoms with E-state index >= 15 is 0 Å². The van der Waals surface area contributed by atoms with Gasteiger partial charge in [0.1, 0.15) is 5.75 Å². The minimum Gasteiger partial charge on any atom is -1.00 e. The molecule has 0 aliphatic rings. The Hall–Kier alpha value is -2.51. The molecule has 0 unspecified atom stereocenters. The van der Waals surface area contributed by atoms with E-state index in [-0.39, 0.29) is 28.7 Å². The summed E-state index contributed by atoms with van der Waals surface area (Å²) in [5, 5.41) is 2.97. The lowest BCUT2D eigenvalue weighted by Crippen LogP contribution is -3.00. The quantitative estimate of drug-likeness (QED) is 0.100. The molecule has 0 bridgehead atoms. The van der Waals surface area contributed by atoms with E-state index in [1.165, 1.54) is 76.0 Å². The number of carbonyl (C=O) groups excluding carboxylic acids is 2. The second-order valence-electron chi connectivity index (χ2n) is 10.8. The highest BCUT2D eigenvalue weighted by atomic mass is 79.9. The molecule has 0 saturated heterocycles. The fourth-order valence-corrected chi connectivity index (χ4v) is 5.53. The van der Waals surface area contributed by atoms with Crippen LogP contribution in [0.4, 0.5) is 5.69 Å². The van der Waals surface area contributed by atoms with Crippen molar-refractivity contribution in [1.29, 1.82) is 0 Å². The van der Waals surface area contributed by atoms with Crippen LogP contribution in [0.3, 0.4) is 0 Å². The maximum Gasteiger partial charge on any atom is 0.259 e. The van der Waals surface area contributed by atoms with Gasteiger partial charge in [-0.3, -0.25) is 9.59 Å². The molecule has 0 radical (unpaired) electrons. The van der Waals surface area contributed by atoms with Crippen molar-refractivity contribution in [3.63, 3.8) is 0 Å². The van der Waals surface area contributed by atoms with Crippen molar-refractivity contribution < 1.29 is 35.9 Å². The number of hydrogen-bond acceptors (Lipinski definition) is 4. The number of rotatable bonds is 19. The number of aromatic nitrogens is 1. The Morgan fingerprint density at radius 3 is 1.98 bits per heavy atom. The second kappa shape index (κ2) is 19.6. The standard InChI is InChI=1S/C34H46N2O3S.BrH/c1-4-5-6-7-8-9-10-11-12-13-14-15-23-39-33-31(28(3)37)17-16-18-32(33)34(38)35-30-21-19-29(20-22-30)25-36-24-27(2)40-26-36;/h16-22,24,26H,4-15,23,25H2,1-3H3;1H. The van der Waals surface area contributed by atoms with Gasteiger partial charge in [0.05, 0.1) is 22.6 Å². The van der Waals surface area contributed by atoms with E-state index in [9.17, 15) is 9.59 Å². The third-order valence-electron chi connectivity index (χ3n) is 7.18. The summed E-state index contributed by atoms with van der Waals surface area (Å²) in [6.45, 7) is 7.15. The van der Waals surface area contributed by atoms with Crippen molar-refractivity contribution >= 4 is 28.7 Å². The van der Waals surface area contributed by atoms with Gasteiger partial charge in [-0.15, -0.1) is 0 Å². The third kappa shape index (κ3) is 12.5. The van der Waals surface area contributed by atoms with Crippen LogP contribution in [0.1, 0.15) is 122 Å². The van der Waals surface area contributed by atoms with E-state index in [1.807, 2.05) is 24.3 Å². The summed E-state index contributed by atoms with van der Waals surface area (Å²) in [4.78, 5) is 26.8. The summed E-state index contributed by atoms with van der Waals surface area (Å²) < 4.78 is 8.24. The number of ketones is 1. The number of hydrogen-bond donors (Lipinski definition) is 1. The number of nitrogens with zero attached hydrogens (tertiary/aromatic N) is 1. The molecule has 0 spiro atoms. The maximum absolute atomic E-state index is 13.2. The highest BCUT2D eigenvalue weighted by Gasteiger charge is 2.19. The molecule has 3 aromatic rings. The minimum absolute atomic E-state index is 0. The highest BCUT2D eigenvalue weighted by Crippen LogP contribution is 2.26. The Balaban J connectivity index is 0.00000588. The van der Waals surface area contributed by atoms with E-state index in [4.69, 9.17) is 4.74 Å². The molecule has 1 heterocycles. The summed E-state index contributed by atoms with van der Waals surface area (Å²) in [5.41, 5.74) is 4.81. The van der Waals surface area contributed by atoms with Crippen LogP contribution in [0.25, 0.3) is 0 Å². The lowest BCUT2D eigenvalue weighted by atomic mass is 10.0. The van der Waals surface area contributed by atoms with Crippen LogP contribution in [-0.2, 0) is 6.54 Å². The van der Waals surface area contributed by atoms with Crippen LogP contribution >= 0.6 is 11.3 Å². The van der Waals surface area contributed by atoms with Crippen LogP contribution < -0.4 is 31.6 Å². The van der Waals surface area contributed by atoms with Gasteiger partial charge < -0.3 is 27.0 Å². The zero-order chi connectivity index (χ0) is 28.6. The number of halogens is 1. The largest absolute Gasteiger partial charge is 1.00 e. The van der Waals surface area contributed by atoms with Crippen molar-refractivity contribution in [1.82, 2.24) is 0 Å². The molecule has 7 heteroatoms. The number of unbranched alkanes of at least 4 members (excludes halogenated alkanes) is 11. The highest BCUT2D eigenvalue weighted by molar-refractivity contribution is 7.09. The number of ether oxygens (including phenoxy) is 1. The van der Waals surface area contributed by atoms with Crippen LogP contribution in [0, 0.1) is 6.92 Å². The number of nitrogens with one attached hydrogen (secondary N) is 1. The fourth-order valence-electron chi connectivity index (χ4n) is 4.90. The zero-order valence-electron chi connectivity index (χ0n) is 25.1. The van der Waals surface area contributed by atoms with E-state index in [0.717, 1.165) is 24.9 Å². The third-order valence-corrected chi connectivity index (χ3v) is 8.04. The molecule has 41 heavy (non-hydrogen) atoms. The molecule has 3 rings (SSSR count). The van der Waals surface area contributed by atoms with Gasteiger partial charge in [-0.1, -0.05) is 107 Å². The van der Waals surface area contributed by atoms with Gasteiger partial charge in [0, 0.05) is 11.3 Å². The number of amides is 1. The fraction of sp³-hybridized carbons (Fsp3) is 0.500. The first kappa shape index (κ1) is 34.7. The summed E-state index contributed by atoms with van der Waals surface area (Å²) in [6.07, 6.45) is 17.4. The van der Waals surface area contributed by atoms with Gasteiger partial charge >= 0.3 is 0 Å². The Bertz CT molecular complexity index is 1190. The van der Waals surface area contributed by atoms with Crippen molar-refractivity contribution in [2.45, 2.75) is 104 Å². The summed E-state index contributed by atoms with van der Waals surface area (Å²) >= 11 is 1.72. The number of aryl methyl sites for hydroxylation is 1. The number of anilines is 1. The summed E-state index contributed by atoms with van der Waals surface area (Å²) in [5.74, 6) is 0.00432. The topological polar surface area (TPSA) is 59.3 Å². The molecular formula is C34H47BrN2O3S. The summed E-state index contributed by atoms with van der Waals surface area (Å²) in [6, 6.07) is 13.1. The zero-order valence-corrected chi connectivity index (χ0v) is 27.5. The lowest BCUT2D eigenvalue weighted by molar-refractivity contribution is -0.683. The van der Waals surface area contributed by atoms with Crippen molar-refractivity contribution in [3.8, 4) is 5.75 Å². The first-order valence-corrected chi connectivity index (χ1v) is 16.0. The molecule has 224 valence electrons. The van der Waals surface area contributed by atoms with E-state index < -0.39 is 0 Å². The van der Waals surface area contributed by atoms with Gasteiger partial charge in [0.25, 0.3) is 5.91 Å². The van der Waals surface area contributed by atoms with Crippen LogP contribution in [0.15, 0.2) is 54.2 Å². The van der Waals surface area contributed by atoms with Gasteiger partial charge in [-0.05, 0) is 44.5 Å². The minimum atomic E-state index is -0.275. The molecule has 5 nitrogen and oxygen atoms in total. The maximum atomic E-state index is 13.2. The monoisotopic (exact) mass is 642 g/mol. The second-order valence-corrected chi connectivity index (χ2v) is 11.9. The van der Waals surface area contributed by atoms with Gasteiger partial charge in [0.2, 0.25) is 5.51 Å². The van der Waals surface area contributed by atoms with Crippen LogP contribution in [0.2, 0.25) is 0 Å². The Morgan fingerprint density at radius 2 is 1.41 bits per heavy atom. The predicted octanol–water partition coefficient (Wildman–Crippen LogP) is 5.93. The van der Waals surface area contributed by atoms with Crippen molar-refractivity contribution in [2.75, 3.05) is 11.9 Å². The molecular weight excluding hydrogens is 596 g/mol. The average Bonchev–Trinajstić information content (AvgIpc) is 3.36. The normalized spacial score (nSPS) is 10.7. The smallest absolute Gasteiger partial charge is 0.259 e. The molecule has 0 atom stereocenters. The van der Waals surface area contributed by atoms with Crippen molar-refractivity contribution in [3.05, 3.63) is 75.7 Å². The Morgan fingerprint density at radius 1 is 0.829 bits per heavy atom. The Kier molecular flexibility index (Phi) is 16.6. The molecule has 1 amide bonds. The molecule has 0 aliphatic carbocycles. The lowest BCUT2D eigenvalue weighted by Gasteiger charge is -2.15. The number of carbonyl (C=O) groups is 2. The molecule has 1 aromatic heterocycles. The first-order chi connectivity index (χ1) is 19.5. The van der Waals surface area contributed by atoms with Gasteiger partial charge in [-0.2, -0.15) is 4.57 Å². The number of Topliss-reactive ketones (excluding diaryl/α,β-unsaturated/α-hetero) is 1. The summed E-state index contributed by atoms with van der Waals surface area (Å²) in [7, 11) is 0. The Labute approximate surface area is 261 Å². The molecule has 2 aromatic carbocycles. The molecule has 0 fully saturated rings. The number of thiazole rings is 1. The van der Waals surface area contributed by atoms with Crippen molar-refractivity contribution in [2.24, 2.45) is 0 Å². The average molecular weight is 644 g/mol. The SMILES string of the molecule is CCCCCCCCCCCCCCOc1c(C(C)=O)cccc1C(=O)Nc1ccc(C[n+]2csc(C)c2)cc1.[Br-]. The van der Waals surface area contributed by atoms with Crippen LogP contribution in [-0.4, -0.2) is 18.3 Å². The molecule has 0 aliphatic heterocycles. The van der Waals surface area contributed by atoms with E-state index in [2.05, 4.69) is 35.4 Å². The van der Waals surface area contributed by atoms with Gasteiger partial charge in [-0.25, -0.2) is 0 Å². The predicted molar refractivity (Wildman–Crippen MR) is 166 cm³/mol. The number of para-hydroxylation sites is 1. The number of benzene rings is 2. The van der Waals surface area contributed by atoms with Crippen LogP contribution in [0.5, 0.6) is 5.75 Å². The van der Waals surface area contributed by atoms with Gasteiger partial charge in [0.15, 0.2) is 18.5 Å².